The van der Waals surface area contributed by atoms with Crippen LogP contribution in [0.4, 0.5) is 5.69 Å². The van der Waals surface area contributed by atoms with Crippen LogP contribution in [0.1, 0.15) is 37.8 Å². The molecule has 1 fully saturated rings. The van der Waals surface area contributed by atoms with Gasteiger partial charge in [-0.25, -0.2) is 18.1 Å². The fraction of sp³-hybridized carbons (Fsp3) is 0.375. The summed E-state index contributed by atoms with van der Waals surface area (Å²) in [5, 5.41) is 9.32. The summed E-state index contributed by atoms with van der Waals surface area (Å²) in [6.45, 7) is 4.36. The van der Waals surface area contributed by atoms with Crippen molar-refractivity contribution < 1.29 is 13.2 Å². The highest BCUT2D eigenvalue weighted by Gasteiger charge is 2.23. The molecule has 10 nitrogen and oxygen atoms in total. The number of anilines is 1. The van der Waals surface area contributed by atoms with Gasteiger partial charge in [0.2, 0.25) is 0 Å². The number of ether oxygens (including phenoxy) is 1. The summed E-state index contributed by atoms with van der Waals surface area (Å²) in [6, 6.07) is 7.77. The molecule has 1 aromatic carbocycles. The normalized spacial score (nSPS) is 15.9. The molecule has 3 aromatic heterocycles. The Kier molecular flexibility index (Phi) is 6.20. The Morgan fingerprint density at radius 3 is 2.66 bits per heavy atom. The second-order valence-electron chi connectivity index (χ2n) is 8.79. The standard InChI is InChI=1S/C24H29N7O3S/c1-17(30-11-5-4-6-12-30)18-9-10-25-22(13-18)31-16-20(15-27-31)35(32,33)28-23-21(34-3)8-7-19-14-26-29(2)24(19)23/h7-10,13-17,28H,4-6,11-12H2,1-3H3/t17-/m1/s1. The lowest BCUT2D eigenvalue weighted by Gasteiger charge is -2.32. The number of aryl methyl sites for hydroxylation is 1. The van der Waals surface area contributed by atoms with E-state index < -0.39 is 10.0 Å². The van der Waals surface area contributed by atoms with Crippen LogP contribution in [0.3, 0.4) is 0 Å². The van der Waals surface area contributed by atoms with Crippen LogP contribution in [0.15, 0.2) is 53.9 Å². The molecule has 0 bridgehead atoms. The average molecular weight is 496 g/mol. The summed E-state index contributed by atoms with van der Waals surface area (Å²) in [7, 11) is -0.705. The first-order valence-corrected chi connectivity index (χ1v) is 13.1. The summed E-state index contributed by atoms with van der Waals surface area (Å²) in [5.74, 6) is 0.970. The minimum atomic E-state index is -3.95. The molecule has 0 spiro atoms. The van der Waals surface area contributed by atoms with Crippen LogP contribution in [0.5, 0.6) is 5.75 Å². The molecule has 0 amide bonds. The van der Waals surface area contributed by atoms with E-state index in [0.717, 1.165) is 24.0 Å². The zero-order valence-electron chi connectivity index (χ0n) is 20.0. The van der Waals surface area contributed by atoms with E-state index in [9.17, 15) is 8.42 Å². The average Bonchev–Trinajstić information content (AvgIpc) is 3.52. The minimum absolute atomic E-state index is 0.0232. The molecule has 4 aromatic rings. The van der Waals surface area contributed by atoms with Crippen molar-refractivity contribution in [1.29, 1.82) is 0 Å². The Morgan fingerprint density at radius 1 is 1.09 bits per heavy atom. The van der Waals surface area contributed by atoms with Gasteiger partial charge in [-0.2, -0.15) is 10.2 Å². The summed E-state index contributed by atoms with van der Waals surface area (Å²) in [6.07, 6.45) is 9.92. The van der Waals surface area contributed by atoms with Gasteiger partial charge in [0.15, 0.2) is 5.82 Å². The number of nitrogens with zero attached hydrogens (tertiary/aromatic N) is 6. The molecule has 1 saturated heterocycles. The zero-order valence-corrected chi connectivity index (χ0v) is 20.9. The van der Waals surface area contributed by atoms with E-state index in [-0.39, 0.29) is 10.9 Å². The molecule has 1 aliphatic heterocycles. The number of hydrogen-bond donors (Lipinski definition) is 1. The number of rotatable bonds is 7. The first-order valence-electron chi connectivity index (χ1n) is 11.6. The third-order valence-electron chi connectivity index (χ3n) is 6.62. The molecule has 1 N–H and O–H groups in total. The molecule has 35 heavy (non-hydrogen) atoms. The SMILES string of the molecule is COc1ccc2cnn(C)c2c1NS(=O)(=O)c1cnn(-c2cc([C@@H](C)N3CCCCC3)ccn2)c1. The van der Waals surface area contributed by atoms with Crippen LogP contribution in [0.25, 0.3) is 16.7 Å². The van der Waals surface area contributed by atoms with Gasteiger partial charge in [-0.1, -0.05) is 6.42 Å². The van der Waals surface area contributed by atoms with Gasteiger partial charge >= 0.3 is 0 Å². The van der Waals surface area contributed by atoms with Gasteiger partial charge in [0.25, 0.3) is 10.0 Å². The number of pyridine rings is 1. The second-order valence-corrected chi connectivity index (χ2v) is 10.5. The van der Waals surface area contributed by atoms with E-state index in [1.54, 1.807) is 30.2 Å². The van der Waals surface area contributed by atoms with Crippen molar-refractivity contribution >= 4 is 26.6 Å². The van der Waals surface area contributed by atoms with Gasteiger partial charge in [0.05, 0.1) is 31.2 Å². The smallest absolute Gasteiger partial charge is 0.265 e. The summed E-state index contributed by atoms with van der Waals surface area (Å²) >= 11 is 0. The number of fused-ring (bicyclic) bond motifs is 1. The van der Waals surface area contributed by atoms with Gasteiger partial charge in [-0.15, -0.1) is 0 Å². The molecule has 184 valence electrons. The van der Waals surface area contributed by atoms with Gasteiger partial charge in [0, 0.05) is 24.7 Å². The molecular formula is C24H29N7O3S. The number of benzene rings is 1. The van der Waals surface area contributed by atoms with Crippen molar-refractivity contribution in [3.63, 3.8) is 0 Å². The molecule has 0 unspecified atom stereocenters. The van der Waals surface area contributed by atoms with E-state index in [4.69, 9.17) is 4.74 Å². The van der Waals surface area contributed by atoms with Gasteiger partial charge in [-0.05, 0) is 62.7 Å². The lowest BCUT2D eigenvalue weighted by molar-refractivity contribution is 0.175. The number of aromatic nitrogens is 5. The highest BCUT2D eigenvalue weighted by Crippen LogP contribution is 2.34. The number of sulfonamides is 1. The predicted molar refractivity (Wildman–Crippen MR) is 133 cm³/mol. The van der Waals surface area contributed by atoms with Crippen LogP contribution in [-0.4, -0.2) is 58.1 Å². The largest absolute Gasteiger partial charge is 0.494 e. The van der Waals surface area contributed by atoms with Crippen molar-refractivity contribution in [2.45, 2.75) is 37.1 Å². The van der Waals surface area contributed by atoms with E-state index in [0.29, 0.717) is 22.8 Å². The fourth-order valence-electron chi connectivity index (χ4n) is 4.62. The van der Waals surface area contributed by atoms with E-state index in [1.165, 1.54) is 43.4 Å². The quantitative estimate of drug-likeness (QED) is 0.418. The molecule has 1 atom stereocenters. The van der Waals surface area contributed by atoms with Crippen molar-refractivity contribution in [2.75, 3.05) is 24.9 Å². The van der Waals surface area contributed by atoms with Crippen molar-refractivity contribution in [2.24, 2.45) is 7.05 Å². The highest BCUT2D eigenvalue weighted by atomic mass is 32.2. The maximum Gasteiger partial charge on any atom is 0.265 e. The van der Waals surface area contributed by atoms with Gasteiger partial charge < -0.3 is 4.74 Å². The minimum Gasteiger partial charge on any atom is -0.494 e. The first-order chi connectivity index (χ1) is 16.9. The summed E-state index contributed by atoms with van der Waals surface area (Å²) < 4.78 is 37.8. The van der Waals surface area contributed by atoms with Crippen LogP contribution in [-0.2, 0) is 17.1 Å². The number of hydrogen-bond acceptors (Lipinski definition) is 7. The Hall–Kier alpha value is -3.44. The lowest BCUT2D eigenvalue weighted by atomic mass is 10.0. The second kappa shape index (κ2) is 9.31. The molecule has 11 heteroatoms. The number of likely N-dealkylation sites (tertiary alicyclic amines) is 1. The van der Waals surface area contributed by atoms with Crippen LogP contribution < -0.4 is 9.46 Å². The number of nitrogens with one attached hydrogen (secondary N) is 1. The Morgan fingerprint density at radius 2 is 1.89 bits per heavy atom. The third-order valence-corrected chi connectivity index (χ3v) is 7.92. The predicted octanol–water partition coefficient (Wildman–Crippen LogP) is 3.51. The number of methoxy groups -OCH3 is 1. The summed E-state index contributed by atoms with van der Waals surface area (Å²) in [4.78, 5) is 6.92. The maximum absolute atomic E-state index is 13.3. The van der Waals surface area contributed by atoms with Gasteiger partial charge in [-0.3, -0.25) is 14.3 Å². The molecule has 5 rings (SSSR count). The van der Waals surface area contributed by atoms with Crippen molar-refractivity contribution in [3.05, 3.63) is 54.6 Å². The zero-order chi connectivity index (χ0) is 24.6. The Bertz CT molecular complexity index is 1460. The highest BCUT2D eigenvalue weighted by molar-refractivity contribution is 7.92. The number of piperidine rings is 1. The fourth-order valence-corrected chi connectivity index (χ4v) is 5.62. The molecular weight excluding hydrogens is 466 g/mol. The monoisotopic (exact) mass is 495 g/mol. The molecule has 0 aliphatic carbocycles. The van der Waals surface area contributed by atoms with Crippen LogP contribution >= 0.6 is 0 Å². The van der Waals surface area contributed by atoms with E-state index in [1.807, 2.05) is 18.2 Å². The summed E-state index contributed by atoms with van der Waals surface area (Å²) in [5.41, 5.74) is 2.08. The van der Waals surface area contributed by atoms with Gasteiger partial charge in [0.1, 0.15) is 16.3 Å². The van der Waals surface area contributed by atoms with Crippen LogP contribution in [0.2, 0.25) is 0 Å². The van der Waals surface area contributed by atoms with E-state index >= 15 is 0 Å². The molecule has 1 aliphatic rings. The van der Waals surface area contributed by atoms with Crippen molar-refractivity contribution in [3.8, 4) is 11.6 Å². The lowest BCUT2D eigenvalue weighted by Crippen LogP contribution is -2.32. The topological polar surface area (TPSA) is 107 Å². The first kappa shape index (κ1) is 23.3. The molecule has 0 saturated carbocycles. The molecule has 4 heterocycles. The van der Waals surface area contributed by atoms with Crippen molar-refractivity contribution in [1.82, 2.24) is 29.4 Å². The Labute approximate surface area is 204 Å². The van der Waals surface area contributed by atoms with E-state index in [2.05, 4.69) is 31.7 Å². The van der Waals surface area contributed by atoms with Crippen LogP contribution in [0, 0.1) is 0 Å². The molecule has 0 radical (unpaired) electrons. The third kappa shape index (κ3) is 4.48. The Balaban J connectivity index is 1.43. The maximum atomic E-state index is 13.3.